The molecule has 104 valence electrons. The lowest BCUT2D eigenvalue weighted by atomic mass is 10.1. The molecule has 0 aliphatic heterocycles. The zero-order valence-corrected chi connectivity index (χ0v) is 12.7. The number of carbonyl (C=O) groups is 1. The topological polar surface area (TPSA) is 55.1 Å². The predicted molar refractivity (Wildman–Crippen MR) is 78.5 cm³/mol. The van der Waals surface area contributed by atoms with E-state index in [1.165, 1.54) is 0 Å². The van der Waals surface area contributed by atoms with Gasteiger partial charge in [-0.15, -0.1) is 0 Å². The Morgan fingerprint density at radius 2 is 2.20 bits per heavy atom. The largest absolute Gasteiger partial charge is 0.360 e. The van der Waals surface area contributed by atoms with Gasteiger partial charge in [0.15, 0.2) is 5.69 Å². The van der Waals surface area contributed by atoms with Gasteiger partial charge in [-0.2, -0.15) is 0 Å². The van der Waals surface area contributed by atoms with Crippen molar-refractivity contribution in [2.45, 2.75) is 31.7 Å². The predicted octanol–water partition coefficient (Wildman–Crippen LogP) is 3.81. The molecule has 0 saturated heterocycles. The standard InChI is InChI=1S/C15H15BrN2O2/c1-9(11-4-2-3-5-12(11)16)17-15(19)13-8-14(20-18-13)10-6-7-10/h2-5,8-10H,6-7H2,1H3,(H,17,19). The fourth-order valence-corrected chi connectivity index (χ4v) is 2.76. The quantitative estimate of drug-likeness (QED) is 0.924. The number of carbonyl (C=O) groups excluding carboxylic acids is 1. The van der Waals surface area contributed by atoms with E-state index in [-0.39, 0.29) is 11.9 Å². The Labute approximate surface area is 125 Å². The van der Waals surface area contributed by atoms with Crippen molar-refractivity contribution in [1.82, 2.24) is 10.5 Å². The third kappa shape index (κ3) is 2.77. The highest BCUT2D eigenvalue weighted by molar-refractivity contribution is 9.10. The van der Waals surface area contributed by atoms with E-state index in [2.05, 4.69) is 26.4 Å². The first-order valence-electron chi connectivity index (χ1n) is 6.67. The lowest BCUT2D eigenvalue weighted by Gasteiger charge is -2.14. The third-order valence-corrected chi connectivity index (χ3v) is 4.18. The zero-order valence-electron chi connectivity index (χ0n) is 11.1. The van der Waals surface area contributed by atoms with Gasteiger partial charge in [-0.1, -0.05) is 39.3 Å². The number of halogens is 1. The van der Waals surface area contributed by atoms with Crippen molar-refractivity contribution in [3.8, 4) is 0 Å². The van der Waals surface area contributed by atoms with Crippen LogP contribution >= 0.6 is 15.9 Å². The summed E-state index contributed by atoms with van der Waals surface area (Å²) in [5, 5.41) is 6.78. The molecule has 1 aliphatic rings. The molecular weight excluding hydrogens is 320 g/mol. The second-order valence-corrected chi connectivity index (χ2v) is 5.96. The van der Waals surface area contributed by atoms with Crippen molar-refractivity contribution in [3.63, 3.8) is 0 Å². The van der Waals surface area contributed by atoms with E-state index in [0.717, 1.165) is 28.6 Å². The number of hydrogen-bond acceptors (Lipinski definition) is 3. The molecule has 3 rings (SSSR count). The number of rotatable bonds is 4. The van der Waals surface area contributed by atoms with Crippen LogP contribution in [0, 0.1) is 0 Å². The maximum atomic E-state index is 12.1. The molecule has 4 nitrogen and oxygen atoms in total. The van der Waals surface area contributed by atoms with Crippen LogP contribution in [0.5, 0.6) is 0 Å². The maximum absolute atomic E-state index is 12.1. The van der Waals surface area contributed by atoms with E-state index < -0.39 is 0 Å². The van der Waals surface area contributed by atoms with Gasteiger partial charge >= 0.3 is 0 Å². The molecule has 0 spiro atoms. The normalized spacial score (nSPS) is 15.9. The first-order valence-corrected chi connectivity index (χ1v) is 7.46. The molecule has 1 heterocycles. The van der Waals surface area contributed by atoms with Gasteiger partial charge in [0, 0.05) is 16.5 Å². The Morgan fingerprint density at radius 3 is 2.90 bits per heavy atom. The number of benzene rings is 1. The van der Waals surface area contributed by atoms with Crippen molar-refractivity contribution in [3.05, 3.63) is 51.8 Å². The van der Waals surface area contributed by atoms with Crippen molar-refractivity contribution < 1.29 is 9.32 Å². The van der Waals surface area contributed by atoms with Gasteiger partial charge in [0.1, 0.15) is 5.76 Å². The minimum absolute atomic E-state index is 0.0980. The van der Waals surface area contributed by atoms with E-state index in [4.69, 9.17) is 4.52 Å². The summed E-state index contributed by atoms with van der Waals surface area (Å²) in [7, 11) is 0. The molecule has 1 aromatic heterocycles. The summed E-state index contributed by atoms with van der Waals surface area (Å²) >= 11 is 3.49. The molecule has 2 aromatic rings. The summed E-state index contributed by atoms with van der Waals surface area (Å²) in [6, 6.07) is 9.48. The number of aromatic nitrogens is 1. The summed E-state index contributed by atoms with van der Waals surface area (Å²) in [6.45, 7) is 1.94. The van der Waals surface area contributed by atoms with Crippen LogP contribution in [0.4, 0.5) is 0 Å². The van der Waals surface area contributed by atoms with Gasteiger partial charge in [-0.3, -0.25) is 4.79 Å². The van der Waals surface area contributed by atoms with E-state index in [1.807, 2.05) is 31.2 Å². The highest BCUT2D eigenvalue weighted by Gasteiger charge is 2.29. The summed E-state index contributed by atoms with van der Waals surface area (Å²) in [5.41, 5.74) is 1.39. The molecule has 5 heteroatoms. The van der Waals surface area contributed by atoms with Gasteiger partial charge in [0.05, 0.1) is 6.04 Å². The van der Waals surface area contributed by atoms with Gasteiger partial charge in [-0.25, -0.2) is 0 Å². The Hall–Kier alpha value is -1.62. The Balaban J connectivity index is 1.70. The van der Waals surface area contributed by atoms with Gasteiger partial charge in [0.2, 0.25) is 0 Å². The summed E-state index contributed by atoms with van der Waals surface area (Å²) in [4.78, 5) is 12.1. The van der Waals surface area contributed by atoms with E-state index in [9.17, 15) is 4.79 Å². The monoisotopic (exact) mass is 334 g/mol. The number of nitrogens with one attached hydrogen (secondary N) is 1. The molecule has 1 unspecified atom stereocenters. The first kappa shape index (κ1) is 13.4. The fourth-order valence-electron chi connectivity index (χ4n) is 2.13. The van der Waals surface area contributed by atoms with Crippen LogP contribution in [0.1, 0.15) is 53.5 Å². The van der Waals surface area contributed by atoms with E-state index in [0.29, 0.717) is 11.6 Å². The number of nitrogens with zero attached hydrogens (tertiary/aromatic N) is 1. The molecule has 1 aromatic carbocycles. The van der Waals surface area contributed by atoms with Crippen LogP contribution in [-0.2, 0) is 0 Å². The molecule has 1 aliphatic carbocycles. The van der Waals surface area contributed by atoms with Gasteiger partial charge in [-0.05, 0) is 31.4 Å². The summed E-state index contributed by atoms with van der Waals surface area (Å²) < 4.78 is 6.18. The van der Waals surface area contributed by atoms with E-state index in [1.54, 1.807) is 6.07 Å². The zero-order chi connectivity index (χ0) is 14.1. The molecular formula is C15H15BrN2O2. The van der Waals surface area contributed by atoms with Crippen molar-refractivity contribution in [1.29, 1.82) is 0 Å². The second kappa shape index (κ2) is 5.40. The molecule has 1 amide bonds. The average molecular weight is 335 g/mol. The first-order chi connectivity index (χ1) is 9.65. The van der Waals surface area contributed by atoms with Crippen LogP contribution in [0.2, 0.25) is 0 Å². The van der Waals surface area contributed by atoms with Crippen molar-refractivity contribution in [2.75, 3.05) is 0 Å². The number of hydrogen-bond donors (Lipinski definition) is 1. The fraction of sp³-hybridized carbons (Fsp3) is 0.333. The van der Waals surface area contributed by atoms with Crippen molar-refractivity contribution >= 4 is 21.8 Å². The SMILES string of the molecule is CC(NC(=O)c1cc(C2CC2)on1)c1ccccc1Br. The van der Waals surface area contributed by atoms with Gasteiger partial charge < -0.3 is 9.84 Å². The molecule has 1 N–H and O–H groups in total. The Morgan fingerprint density at radius 1 is 1.45 bits per heavy atom. The average Bonchev–Trinajstić information content (AvgIpc) is 3.16. The molecule has 0 bridgehead atoms. The summed E-state index contributed by atoms with van der Waals surface area (Å²) in [5.74, 6) is 1.08. The van der Waals surface area contributed by atoms with Crippen LogP contribution < -0.4 is 5.32 Å². The maximum Gasteiger partial charge on any atom is 0.273 e. The molecule has 1 atom stereocenters. The van der Waals surface area contributed by atoms with Crippen LogP contribution in [0.15, 0.2) is 39.3 Å². The van der Waals surface area contributed by atoms with Crippen molar-refractivity contribution in [2.24, 2.45) is 0 Å². The minimum atomic E-state index is -0.205. The lowest BCUT2D eigenvalue weighted by molar-refractivity contribution is 0.0930. The molecule has 20 heavy (non-hydrogen) atoms. The smallest absolute Gasteiger partial charge is 0.273 e. The van der Waals surface area contributed by atoms with E-state index >= 15 is 0 Å². The third-order valence-electron chi connectivity index (χ3n) is 3.46. The van der Waals surface area contributed by atoms with Crippen LogP contribution in [0.25, 0.3) is 0 Å². The molecule has 1 saturated carbocycles. The Kier molecular flexibility index (Phi) is 3.61. The molecule has 1 fully saturated rings. The van der Waals surface area contributed by atoms with Crippen LogP contribution in [0.3, 0.4) is 0 Å². The van der Waals surface area contributed by atoms with Crippen LogP contribution in [-0.4, -0.2) is 11.1 Å². The summed E-state index contributed by atoms with van der Waals surface area (Å²) in [6.07, 6.45) is 2.26. The number of amides is 1. The highest BCUT2D eigenvalue weighted by Crippen LogP contribution is 2.40. The van der Waals surface area contributed by atoms with Gasteiger partial charge in [0.25, 0.3) is 5.91 Å². The highest BCUT2D eigenvalue weighted by atomic mass is 79.9. The molecule has 0 radical (unpaired) electrons. The second-order valence-electron chi connectivity index (χ2n) is 5.11. The Bertz CT molecular complexity index is 634. The minimum Gasteiger partial charge on any atom is -0.360 e. The lowest BCUT2D eigenvalue weighted by Crippen LogP contribution is -2.27.